The maximum absolute atomic E-state index is 13.4. The fourth-order valence-corrected chi connectivity index (χ4v) is 5.28. The number of para-hydroxylation sites is 1. The van der Waals surface area contributed by atoms with E-state index in [1.807, 2.05) is 63.8 Å². The summed E-state index contributed by atoms with van der Waals surface area (Å²) in [5.74, 6) is 0.0694. The van der Waals surface area contributed by atoms with E-state index in [1.54, 1.807) is 4.57 Å². The van der Waals surface area contributed by atoms with Gasteiger partial charge in [0.25, 0.3) is 5.56 Å². The summed E-state index contributed by atoms with van der Waals surface area (Å²) in [6.07, 6.45) is 0. The number of fused-ring (bicyclic) bond motifs is 1. The zero-order valence-corrected chi connectivity index (χ0v) is 21.9. The minimum atomic E-state index is -0.342. The number of hydrogen-bond donors (Lipinski definition) is 0. The zero-order chi connectivity index (χ0) is 24.2. The molecule has 7 heteroatoms. The first-order valence-electron chi connectivity index (χ1n) is 11.7. The molecule has 0 spiro atoms. The lowest BCUT2D eigenvalue weighted by Gasteiger charge is -2.33. The smallest absolute Gasteiger partial charge is 0.262 e. The molecule has 0 fully saturated rings. The number of benzene rings is 1. The van der Waals surface area contributed by atoms with E-state index >= 15 is 0 Å². The van der Waals surface area contributed by atoms with Gasteiger partial charge in [-0.25, -0.2) is 4.98 Å². The fraction of sp³-hybridized carbons (Fsp3) is 0.640. The van der Waals surface area contributed by atoms with Crippen molar-refractivity contribution in [3.63, 3.8) is 0 Å². The number of carbonyl (C=O) groups excluding carboxylic acids is 1. The minimum Gasteiger partial charge on any atom is -0.337 e. The van der Waals surface area contributed by atoms with E-state index in [-0.39, 0.29) is 28.8 Å². The number of rotatable bonds is 10. The van der Waals surface area contributed by atoms with Crippen LogP contribution in [0, 0.1) is 0 Å². The standard InChI is InChI=1S/C25H40N4O2S/c1-16(2)27(17(3)4)14-15-28-24(31)21-12-10-11-13-22(21)26-25(28)32-20(9)23(30)29(18(5)6)19(7)8/h10-13,16-20H,14-15H2,1-9H3. The molecule has 1 amide bonds. The van der Waals surface area contributed by atoms with Crippen LogP contribution in [0.2, 0.25) is 0 Å². The average Bonchev–Trinajstić information content (AvgIpc) is 2.69. The molecule has 0 bridgehead atoms. The Morgan fingerprint density at radius 3 is 2.03 bits per heavy atom. The first-order valence-corrected chi connectivity index (χ1v) is 12.6. The van der Waals surface area contributed by atoms with Crippen LogP contribution in [0.5, 0.6) is 0 Å². The number of thioether (sulfide) groups is 1. The Labute approximate surface area is 197 Å². The van der Waals surface area contributed by atoms with Gasteiger partial charge < -0.3 is 4.90 Å². The molecule has 0 N–H and O–H groups in total. The highest BCUT2D eigenvalue weighted by Gasteiger charge is 2.27. The lowest BCUT2D eigenvalue weighted by atomic mass is 10.2. The van der Waals surface area contributed by atoms with Gasteiger partial charge in [0.15, 0.2) is 5.16 Å². The van der Waals surface area contributed by atoms with E-state index in [0.717, 1.165) is 6.54 Å². The lowest BCUT2D eigenvalue weighted by Crippen LogP contribution is -2.45. The molecule has 6 nitrogen and oxygen atoms in total. The highest BCUT2D eigenvalue weighted by Crippen LogP contribution is 2.25. The van der Waals surface area contributed by atoms with Crippen molar-refractivity contribution in [3.8, 4) is 0 Å². The molecular formula is C25H40N4O2S. The van der Waals surface area contributed by atoms with Crippen LogP contribution in [0.4, 0.5) is 0 Å². The van der Waals surface area contributed by atoms with Gasteiger partial charge in [0.2, 0.25) is 5.91 Å². The second kappa shape index (κ2) is 11.3. The van der Waals surface area contributed by atoms with Gasteiger partial charge in [-0.1, -0.05) is 23.9 Å². The molecule has 32 heavy (non-hydrogen) atoms. The topological polar surface area (TPSA) is 58.4 Å². The molecule has 2 aromatic rings. The van der Waals surface area contributed by atoms with Crippen molar-refractivity contribution in [3.05, 3.63) is 34.6 Å². The maximum Gasteiger partial charge on any atom is 0.262 e. The largest absolute Gasteiger partial charge is 0.337 e. The molecule has 1 aromatic carbocycles. The van der Waals surface area contributed by atoms with Crippen molar-refractivity contribution in [2.24, 2.45) is 0 Å². The Balaban J connectivity index is 2.44. The number of hydrogen-bond acceptors (Lipinski definition) is 5. The summed E-state index contributed by atoms with van der Waals surface area (Å²) in [7, 11) is 0. The van der Waals surface area contributed by atoms with Crippen LogP contribution in [0.3, 0.4) is 0 Å². The normalized spacial score (nSPS) is 13.2. The second-order valence-electron chi connectivity index (χ2n) is 9.49. The van der Waals surface area contributed by atoms with Crippen LogP contribution in [-0.2, 0) is 11.3 Å². The third-order valence-electron chi connectivity index (χ3n) is 5.73. The number of nitrogens with zero attached hydrogens (tertiary/aromatic N) is 4. The predicted molar refractivity (Wildman–Crippen MR) is 135 cm³/mol. The SMILES string of the molecule is CC(Sc1nc2ccccc2c(=O)n1CCN(C(C)C)C(C)C)C(=O)N(C(C)C)C(C)C. The van der Waals surface area contributed by atoms with Gasteiger partial charge in [-0.15, -0.1) is 0 Å². The summed E-state index contributed by atoms with van der Waals surface area (Å²) >= 11 is 1.38. The van der Waals surface area contributed by atoms with E-state index in [4.69, 9.17) is 4.98 Å². The minimum absolute atomic E-state index is 0.0465. The van der Waals surface area contributed by atoms with E-state index in [0.29, 0.717) is 34.7 Å². The average molecular weight is 461 g/mol. The van der Waals surface area contributed by atoms with Crippen molar-refractivity contribution in [2.75, 3.05) is 6.54 Å². The molecular weight excluding hydrogens is 420 g/mol. The molecule has 1 atom stereocenters. The van der Waals surface area contributed by atoms with Crippen molar-refractivity contribution < 1.29 is 4.79 Å². The number of aromatic nitrogens is 2. The van der Waals surface area contributed by atoms with Crippen LogP contribution in [0.25, 0.3) is 10.9 Å². The Morgan fingerprint density at radius 1 is 0.938 bits per heavy atom. The molecule has 0 aliphatic rings. The Hall–Kier alpha value is -1.86. The molecule has 0 aliphatic heterocycles. The third kappa shape index (κ3) is 6.13. The molecule has 0 saturated heterocycles. The van der Waals surface area contributed by atoms with Gasteiger partial charge >= 0.3 is 0 Å². The molecule has 1 heterocycles. The van der Waals surface area contributed by atoms with E-state index in [2.05, 4.69) is 32.6 Å². The molecule has 1 aromatic heterocycles. The molecule has 1 unspecified atom stereocenters. The lowest BCUT2D eigenvalue weighted by molar-refractivity contribution is -0.133. The van der Waals surface area contributed by atoms with Crippen LogP contribution in [0.1, 0.15) is 62.3 Å². The van der Waals surface area contributed by atoms with Crippen molar-refractivity contribution in [1.82, 2.24) is 19.4 Å². The van der Waals surface area contributed by atoms with Gasteiger partial charge in [0, 0.05) is 37.3 Å². The molecule has 0 radical (unpaired) electrons. The Bertz CT molecular complexity index is 952. The van der Waals surface area contributed by atoms with Gasteiger partial charge in [0.1, 0.15) is 0 Å². The van der Waals surface area contributed by atoms with Gasteiger partial charge in [-0.3, -0.25) is 19.1 Å². The number of amides is 1. The van der Waals surface area contributed by atoms with Gasteiger partial charge in [-0.2, -0.15) is 0 Å². The Kier molecular flexibility index (Phi) is 9.34. The summed E-state index contributed by atoms with van der Waals surface area (Å²) < 4.78 is 1.75. The molecule has 2 rings (SSSR count). The van der Waals surface area contributed by atoms with Crippen LogP contribution < -0.4 is 5.56 Å². The van der Waals surface area contributed by atoms with Crippen LogP contribution in [-0.4, -0.2) is 61.2 Å². The fourth-order valence-electron chi connectivity index (χ4n) is 4.29. The summed E-state index contributed by atoms with van der Waals surface area (Å²) in [5, 5.41) is 0.877. The second-order valence-corrected chi connectivity index (χ2v) is 10.8. The van der Waals surface area contributed by atoms with Gasteiger partial charge in [-0.05, 0) is 74.4 Å². The Morgan fingerprint density at radius 2 is 1.50 bits per heavy atom. The summed E-state index contributed by atoms with van der Waals surface area (Å²) in [5.41, 5.74) is 0.625. The van der Waals surface area contributed by atoms with E-state index in [9.17, 15) is 9.59 Å². The number of carbonyl (C=O) groups is 1. The zero-order valence-electron chi connectivity index (χ0n) is 21.1. The van der Waals surface area contributed by atoms with Crippen LogP contribution >= 0.6 is 11.8 Å². The monoisotopic (exact) mass is 460 g/mol. The first kappa shape index (κ1) is 26.4. The maximum atomic E-state index is 13.4. The predicted octanol–water partition coefficient (Wildman–Crippen LogP) is 4.64. The van der Waals surface area contributed by atoms with Crippen molar-refractivity contribution >= 4 is 28.6 Å². The quantitative estimate of drug-likeness (QED) is 0.382. The van der Waals surface area contributed by atoms with Gasteiger partial charge in [0.05, 0.1) is 16.2 Å². The highest BCUT2D eigenvalue weighted by atomic mass is 32.2. The molecule has 0 aliphatic carbocycles. The van der Waals surface area contributed by atoms with Crippen molar-refractivity contribution in [1.29, 1.82) is 0 Å². The molecule has 0 saturated carbocycles. The molecule has 178 valence electrons. The third-order valence-corrected chi connectivity index (χ3v) is 6.81. The van der Waals surface area contributed by atoms with Crippen molar-refractivity contribution in [2.45, 2.75) is 103 Å². The summed E-state index contributed by atoms with van der Waals surface area (Å²) in [6, 6.07) is 8.42. The summed E-state index contributed by atoms with van der Waals surface area (Å²) in [6.45, 7) is 20.0. The van der Waals surface area contributed by atoms with E-state index < -0.39 is 0 Å². The van der Waals surface area contributed by atoms with Crippen LogP contribution in [0.15, 0.2) is 34.2 Å². The first-order chi connectivity index (χ1) is 15.0. The summed E-state index contributed by atoms with van der Waals surface area (Å²) in [4.78, 5) is 35.7. The highest BCUT2D eigenvalue weighted by molar-refractivity contribution is 8.00. The van der Waals surface area contributed by atoms with E-state index in [1.165, 1.54) is 11.8 Å².